The smallest absolute Gasteiger partial charge is 0.249 e. The summed E-state index contributed by atoms with van der Waals surface area (Å²) in [7, 11) is 1.86. The van der Waals surface area contributed by atoms with E-state index in [1.807, 2.05) is 30.1 Å². The fourth-order valence-corrected chi connectivity index (χ4v) is 4.09. The molecule has 0 aromatic carbocycles. The molecule has 1 fully saturated rings. The molecule has 1 atom stereocenters. The van der Waals surface area contributed by atoms with Crippen molar-refractivity contribution in [1.82, 2.24) is 24.3 Å². The van der Waals surface area contributed by atoms with Crippen LogP contribution in [0.3, 0.4) is 0 Å². The average Bonchev–Trinajstić information content (AvgIpc) is 3.48. The molecule has 10 nitrogen and oxygen atoms in total. The van der Waals surface area contributed by atoms with Crippen molar-refractivity contribution in [2.45, 2.75) is 12.5 Å². The van der Waals surface area contributed by atoms with Gasteiger partial charge in [0, 0.05) is 31.2 Å². The first-order valence-corrected chi connectivity index (χ1v) is 10.2. The van der Waals surface area contributed by atoms with Crippen molar-refractivity contribution in [3.8, 4) is 11.6 Å². The molecule has 0 unspecified atom stereocenters. The standard InChI is InChI=1S/C19H19N7O3S/c1-25-8-12(7-21-25)26-4-2-14-16(26)18(29-13-3-5-28-9-13)24-19(22-14)23-15-6-11(10-30-15)17(20)27/h2,4,6-8,10,13H,3,5,9H2,1H3,(H2,20,27)(H,22,23,24)/t13-/m0/s1. The van der Waals surface area contributed by atoms with E-state index in [1.165, 1.54) is 11.3 Å². The molecule has 5 rings (SSSR count). The van der Waals surface area contributed by atoms with Gasteiger partial charge in [0.1, 0.15) is 11.6 Å². The fraction of sp³-hybridized carbons (Fsp3) is 0.263. The van der Waals surface area contributed by atoms with E-state index in [-0.39, 0.29) is 6.10 Å². The summed E-state index contributed by atoms with van der Waals surface area (Å²) in [4.78, 5) is 20.6. The van der Waals surface area contributed by atoms with Gasteiger partial charge in [0.15, 0.2) is 0 Å². The number of rotatable bonds is 6. The van der Waals surface area contributed by atoms with Crippen LogP contribution in [0.5, 0.6) is 5.88 Å². The first kappa shape index (κ1) is 18.6. The molecule has 1 amide bonds. The molecule has 1 aliphatic heterocycles. The molecule has 0 bridgehead atoms. The van der Waals surface area contributed by atoms with Gasteiger partial charge in [0.05, 0.1) is 41.2 Å². The third-order valence-electron chi connectivity index (χ3n) is 4.76. The van der Waals surface area contributed by atoms with E-state index in [1.54, 1.807) is 22.3 Å². The number of thiophene rings is 1. The Balaban J connectivity index is 1.56. The third-order valence-corrected chi connectivity index (χ3v) is 5.60. The van der Waals surface area contributed by atoms with E-state index >= 15 is 0 Å². The van der Waals surface area contributed by atoms with Gasteiger partial charge in [-0.15, -0.1) is 11.3 Å². The van der Waals surface area contributed by atoms with E-state index in [9.17, 15) is 4.79 Å². The first-order valence-electron chi connectivity index (χ1n) is 9.35. The van der Waals surface area contributed by atoms with Crippen LogP contribution in [0.4, 0.5) is 10.9 Å². The molecular formula is C19H19N7O3S. The second-order valence-corrected chi connectivity index (χ2v) is 7.85. The van der Waals surface area contributed by atoms with E-state index in [4.69, 9.17) is 15.2 Å². The van der Waals surface area contributed by atoms with Crippen LogP contribution < -0.4 is 15.8 Å². The molecule has 4 aromatic heterocycles. The zero-order valence-corrected chi connectivity index (χ0v) is 16.9. The van der Waals surface area contributed by atoms with Crippen LogP contribution in [0.2, 0.25) is 0 Å². The van der Waals surface area contributed by atoms with Crippen molar-refractivity contribution in [1.29, 1.82) is 0 Å². The molecule has 11 heteroatoms. The van der Waals surface area contributed by atoms with E-state index in [2.05, 4.69) is 20.4 Å². The normalized spacial score (nSPS) is 16.2. The highest BCUT2D eigenvalue weighted by molar-refractivity contribution is 7.14. The van der Waals surface area contributed by atoms with Crippen LogP contribution in [0.1, 0.15) is 16.8 Å². The second-order valence-electron chi connectivity index (χ2n) is 6.94. The number of nitrogens with one attached hydrogen (secondary N) is 1. The Kier molecular flexibility index (Phi) is 4.60. The summed E-state index contributed by atoms with van der Waals surface area (Å²) in [5, 5.41) is 9.79. The zero-order chi connectivity index (χ0) is 20.7. The SMILES string of the molecule is Cn1cc(-n2ccc3nc(Nc4cc(C(N)=O)cs4)nc(O[C@H]4CCOC4)c32)cn1. The van der Waals surface area contributed by atoms with Crippen molar-refractivity contribution >= 4 is 39.2 Å². The summed E-state index contributed by atoms with van der Waals surface area (Å²) >= 11 is 1.35. The lowest BCUT2D eigenvalue weighted by Gasteiger charge is -2.14. The minimum absolute atomic E-state index is 0.0728. The number of aromatic nitrogens is 5. The lowest BCUT2D eigenvalue weighted by Crippen LogP contribution is -2.17. The summed E-state index contributed by atoms with van der Waals surface area (Å²) in [6.07, 6.45) is 6.32. The highest BCUT2D eigenvalue weighted by atomic mass is 32.1. The Hall–Kier alpha value is -3.44. The number of carbonyl (C=O) groups is 1. The molecule has 3 N–H and O–H groups in total. The van der Waals surface area contributed by atoms with E-state index in [0.717, 1.165) is 23.1 Å². The van der Waals surface area contributed by atoms with Crippen molar-refractivity contribution < 1.29 is 14.3 Å². The van der Waals surface area contributed by atoms with Gasteiger partial charge in [-0.25, -0.2) is 4.98 Å². The van der Waals surface area contributed by atoms with Gasteiger partial charge in [-0.2, -0.15) is 10.1 Å². The van der Waals surface area contributed by atoms with Crippen molar-refractivity contribution in [2.75, 3.05) is 18.5 Å². The Labute approximate surface area is 175 Å². The maximum absolute atomic E-state index is 11.4. The number of hydrogen-bond acceptors (Lipinski definition) is 8. The molecule has 1 saturated heterocycles. The number of aryl methyl sites for hydroxylation is 1. The zero-order valence-electron chi connectivity index (χ0n) is 16.1. The van der Waals surface area contributed by atoms with Gasteiger partial charge >= 0.3 is 0 Å². The molecule has 0 saturated carbocycles. The molecule has 0 aliphatic carbocycles. The topological polar surface area (TPSA) is 122 Å². The van der Waals surface area contributed by atoms with E-state index in [0.29, 0.717) is 35.6 Å². The number of nitrogens with zero attached hydrogens (tertiary/aromatic N) is 5. The van der Waals surface area contributed by atoms with Crippen LogP contribution in [0.15, 0.2) is 36.1 Å². The maximum atomic E-state index is 11.4. The van der Waals surface area contributed by atoms with E-state index < -0.39 is 5.91 Å². The molecule has 1 aliphatic rings. The Morgan fingerprint density at radius 3 is 3.03 bits per heavy atom. The monoisotopic (exact) mass is 425 g/mol. The molecule has 154 valence electrons. The van der Waals surface area contributed by atoms with Crippen molar-refractivity contribution in [3.63, 3.8) is 0 Å². The first-order chi connectivity index (χ1) is 14.6. The maximum Gasteiger partial charge on any atom is 0.249 e. The van der Waals surface area contributed by atoms with Gasteiger partial charge in [-0.3, -0.25) is 9.48 Å². The van der Waals surface area contributed by atoms with Crippen molar-refractivity contribution in [2.24, 2.45) is 12.8 Å². The van der Waals surface area contributed by atoms with Crippen LogP contribution in [0, 0.1) is 0 Å². The summed E-state index contributed by atoms with van der Waals surface area (Å²) < 4.78 is 15.3. The van der Waals surface area contributed by atoms with Gasteiger partial charge < -0.3 is 25.1 Å². The Morgan fingerprint density at radius 1 is 1.43 bits per heavy atom. The minimum atomic E-state index is -0.477. The Morgan fingerprint density at radius 2 is 2.33 bits per heavy atom. The predicted octanol–water partition coefficient (Wildman–Crippen LogP) is 2.23. The molecule has 0 radical (unpaired) electrons. The number of ether oxygens (including phenoxy) is 2. The predicted molar refractivity (Wildman–Crippen MR) is 112 cm³/mol. The highest BCUT2D eigenvalue weighted by Crippen LogP contribution is 2.31. The molecule has 0 spiro atoms. The average molecular weight is 425 g/mol. The number of anilines is 2. The summed E-state index contributed by atoms with van der Waals surface area (Å²) in [5.74, 6) is 0.353. The van der Waals surface area contributed by atoms with Crippen LogP contribution >= 0.6 is 11.3 Å². The molecular weight excluding hydrogens is 406 g/mol. The van der Waals surface area contributed by atoms with Gasteiger partial charge in [0.2, 0.25) is 17.7 Å². The number of carbonyl (C=O) groups excluding carboxylic acids is 1. The van der Waals surface area contributed by atoms with Gasteiger partial charge in [-0.1, -0.05) is 0 Å². The minimum Gasteiger partial charge on any atom is -0.470 e. The van der Waals surface area contributed by atoms with Crippen LogP contribution in [-0.4, -0.2) is 49.5 Å². The molecule has 4 aromatic rings. The van der Waals surface area contributed by atoms with Crippen molar-refractivity contribution in [3.05, 3.63) is 41.7 Å². The third kappa shape index (κ3) is 3.48. The number of primary amides is 1. The summed E-state index contributed by atoms with van der Waals surface area (Å²) in [5.41, 5.74) is 8.13. The Bertz CT molecular complexity index is 1220. The molecule has 5 heterocycles. The second kappa shape index (κ2) is 7.43. The fourth-order valence-electron chi connectivity index (χ4n) is 3.30. The highest BCUT2D eigenvalue weighted by Gasteiger charge is 2.22. The number of fused-ring (bicyclic) bond motifs is 1. The van der Waals surface area contributed by atoms with Gasteiger partial charge in [-0.05, 0) is 12.1 Å². The number of amides is 1. The largest absolute Gasteiger partial charge is 0.470 e. The number of hydrogen-bond donors (Lipinski definition) is 2. The van der Waals surface area contributed by atoms with Crippen LogP contribution in [0.25, 0.3) is 16.7 Å². The summed E-state index contributed by atoms with van der Waals surface area (Å²) in [6.45, 7) is 1.19. The summed E-state index contributed by atoms with van der Waals surface area (Å²) in [6, 6.07) is 3.57. The number of nitrogens with two attached hydrogens (primary N) is 1. The lowest BCUT2D eigenvalue weighted by atomic mass is 10.3. The van der Waals surface area contributed by atoms with Crippen LogP contribution in [-0.2, 0) is 11.8 Å². The lowest BCUT2D eigenvalue weighted by molar-refractivity contribution is 0.100. The molecule has 30 heavy (non-hydrogen) atoms. The van der Waals surface area contributed by atoms with Gasteiger partial charge in [0.25, 0.3) is 0 Å². The quantitative estimate of drug-likeness (QED) is 0.486.